The zero-order valence-electron chi connectivity index (χ0n) is 6.17. The highest BCUT2D eigenvalue weighted by Gasteiger charge is 2.29. The number of aliphatic hydroxyl groups is 4. The third kappa shape index (κ3) is 3.04. The van der Waals surface area contributed by atoms with Crippen LogP contribution in [-0.4, -0.2) is 57.0 Å². The van der Waals surface area contributed by atoms with Crippen molar-refractivity contribution in [1.82, 2.24) is 0 Å². The van der Waals surface area contributed by atoms with Crippen molar-refractivity contribution in [2.24, 2.45) is 0 Å². The van der Waals surface area contributed by atoms with E-state index in [-0.39, 0.29) is 6.29 Å². The van der Waals surface area contributed by atoms with Crippen molar-refractivity contribution in [2.75, 3.05) is 6.61 Å². The molecule has 0 aliphatic rings. The van der Waals surface area contributed by atoms with E-state index >= 15 is 0 Å². The lowest BCUT2D eigenvalue weighted by Gasteiger charge is -2.21. The van der Waals surface area contributed by atoms with E-state index in [1.54, 1.807) is 0 Å². The zero-order valence-corrected chi connectivity index (χ0v) is 6.92. The minimum atomic E-state index is -1.64. The number of halogens is 1. The second-order valence-electron chi connectivity index (χ2n) is 2.31. The molecule has 0 heterocycles. The monoisotopic (exact) mass is 198 g/mol. The van der Waals surface area contributed by atoms with Crippen LogP contribution in [0.15, 0.2) is 0 Å². The number of alkyl halides is 1. The molecule has 6 heteroatoms. The number of carbonyl (C=O) groups excluding carboxylic acids is 1. The van der Waals surface area contributed by atoms with Crippen LogP contribution < -0.4 is 0 Å². The Morgan fingerprint density at radius 3 is 2.17 bits per heavy atom. The van der Waals surface area contributed by atoms with E-state index in [2.05, 4.69) is 0 Å². The van der Waals surface area contributed by atoms with Crippen molar-refractivity contribution in [3.63, 3.8) is 0 Å². The molecule has 0 aliphatic carbocycles. The van der Waals surface area contributed by atoms with E-state index in [0.29, 0.717) is 0 Å². The summed E-state index contributed by atoms with van der Waals surface area (Å²) in [6, 6.07) is 0. The molecule has 0 radical (unpaired) electrons. The predicted molar refractivity (Wildman–Crippen MR) is 40.8 cm³/mol. The fourth-order valence-corrected chi connectivity index (χ4v) is 0.826. The van der Waals surface area contributed by atoms with E-state index in [1.807, 2.05) is 0 Å². The zero-order chi connectivity index (χ0) is 9.72. The van der Waals surface area contributed by atoms with Crippen LogP contribution in [0.5, 0.6) is 0 Å². The maximum Gasteiger partial charge on any atom is 0.151 e. The highest BCUT2D eigenvalue weighted by atomic mass is 35.5. The molecule has 0 aromatic rings. The van der Waals surface area contributed by atoms with Gasteiger partial charge in [-0.3, -0.25) is 0 Å². The SMILES string of the molecule is O=C[C@H](O)[C@@H](O)[C@@H](Cl)[C@H](O)CO. The van der Waals surface area contributed by atoms with Crippen LogP contribution in [0.4, 0.5) is 0 Å². The van der Waals surface area contributed by atoms with E-state index in [4.69, 9.17) is 32.0 Å². The van der Waals surface area contributed by atoms with Gasteiger partial charge >= 0.3 is 0 Å². The van der Waals surface area contributed by atoms with Crippen molar-refractivity contribution in [2.45, 2.75) is 23.7 Å². The van der Waals surface area contributed by atoms with Crippen molar-refractivity contribution in [3.8, 4) is 0 Å². The van der Waals surface area contributed by atoms with Crippen LogP contribution in [0.1, 0.15) is 0 Å². The summed E-state index contributed by atoms with van der Waals surface area (Å²) < 4.78 is 0. The molecular weight excluding hydrogens is 188 g/mol. The van der Waals surface area contributed by atoms with Gasteiger partial charge in [0, 0.05) is 0 Å². The van der Waals surface area contributed by atoms with E-state index in [1.165, 1.54) is 0 Å². The van der Waals surface area contributed by atoms with Gasteiger partial charge in [-0.25, -0.2) is 0 Å². The molecule has 0 bridgehead atoms. The summed E-state index contributed by atoms with van der Waals surface area (Å²) in [5, 5.41) is 33.7. The Morgan fingerprint density at radius 1 is 1.33 bits per heavy atom. The van der Waals surface area contributed by atoms with Crippen LogP contribution in [0.3, 0.4) is 0 Å². The number of hydrogen-bond acceptors (Lipinski definition) is 5. The van der Waals surface area contributed by atoms with Crippen LogP contribution in [-0.2, 0) is 4.79 Å². The van der Waals surface area contributed by atoms with Gasteiger partial charge in [0.1, 0.15) is 12.2 Å². The molecule has 72 valence electrons. The first-order chi connectivity index (χ1) is 5.54. The lowest BCUT2D eigenvalue weighted by molar-refractivity contribution is -0.121. The van der Waals surface area contributed by atoms with Gasteiger partial charge < -0.3 is 25.2 Å². The third-order valence-corrected chi connectivity index (χ3v) is 1.92. The van der Waals surface area contributed by atoms with Crippen LogP contribution in [0.2, 0.25) is 0 Å². The summed E-state index contributed by atoms with van der Waals surface area (Å²) in [4.78, 5) is 9.95. The smallest absolute Gasteiger partial charge is 0.151 e. The first-order valence-electron chi connectivity index (χ1n) is 3.29. The maximum absolute atomic E-state index is 9.95. The fraction of sp³-hybridized carbons (Fsp3) is 0.833. The number of hydrogen-bond donors (Lipinski definition) is 4. The Morgan fingerprint density at radius 2 is 1.83 bits per heavy atom. The molecule has 0 rings (SSSR count). The van der Waals surface area contributed by atoms with Gasteiger partial charge in [0.2, 0.25) is 0 Å². The number of aldehydes is 1. The summed E-state index contributed by atoms with van der Waals surface area (Å²) in [5.74, 6) is 0. The van der Waals surface area contributed by atoms with Crippen molar-refractivity contribution in [3.05, 3.63) is 0 Å². The van der Waals surface area contributed by atoms with E-state index < -0.39 is 30.3 Å². The van der Waals surface area contributed by atoms with Crippen LogP contribution in [0.25, 0.3) is 0 Å². The number of carbonyl (C=O) groups is 1. The topological polar surface area (TPSA) is 98.0 Å². The van der Waals surface area contributed by atoms with Gasteiger partial charge in [-0.2, -0.15) is 0 Å². The summed E-state index contributed by atoms with van der Waals surface area (Å²) in [6.45, 7) is -0.642. The maximum atomic E-state index is 9.95. The van der Waals surface area contributed by atoms with Crippen molar-refractivity contribution < 1.29 is 25.2 Å². The minimum absolute atomic E-state index is 0.101. The number of rotatable bonds is 5. The average molecular weight is 199 g/mol. The van der Waals surface area contributed by atoms with Crippen LogP contribution >= 0.6 is 11.6 Å². The molecule has 12 heavy (non-hydrogen) atoms. The molecule has 0 saturated carbocycles. The lowest BCUT2D eigenvalue weighted by atomic mass is 10.1. The lowest BCUT2D eigenvalue weighted by Crippen LogP contribution is -2.43. The molecule has 0 unspecified atom stereocenters. The van der Waals surface area contributed by atoms with Gasteiger partial charge in [0.05, 0.1) is 18.1 Å². The quantitative estimate of drug-likeness (QED) is 0.299. The Bertz CT molecular complexity index is 142. The Balaban J connectivity index is 4.07. The molecule has 0 aliphatic heterocycles. The van der Waals surface area contributed by atoms with Gasteiger partial charge in [-0.15, -0.1) is 11.6 Å². The highest BCUT2D eigenvalue weighted by Crippen LogP contribution is 2.10. The molecule has 0 saturated heterocycles. The minimum Gasteiger partial charge on any atom is -0.394 e. The summed E-state index contributed by atoms with van der Waals surface area (Å²) >= 11 is 5.38. The Labute approximate surface area is 74.2 Å². The van der Waals surface area contributed by atoms with Gasteiger partial charge in [0.25, 0.3) is 0 Å². The molecule has 0 amide bonds. The summed E-state index contributed by atoms with van der Waals surface area (Å²) in [5.41, 5.74) is 0. The first kappa shape index (κ1) is 11.8. The fourth-order valence-electron chi connectivity index (χ4n) is 0.597. The van der Waals surface area contributed by atoms with Gasteiger partial charge in [0.15, 0.2) is 6.29 Å². The molecule has 0 spiro atoms. The molecule has 4 atom stereocenters. The summed E-state index contributed by atoms with van der Waals surface area (Å²) in [7, 11) is 0. The van der Waals surface area contributed by atoms with E-state index in [9.17, 15) is 4.79 Å². The first-order valence-corrected chi connectivity index (χ1v) is 3.72. The molecule has 5 nitrogen and oxygen atoms in total. The van der Waals surface area contributed by atoms with Gasteiger partial charge in [-0.1, -0.05) is 0 Å². The van der Waals surface area contributed by atoms with Crippen molar-refractivity contribution in [1.29, 1.82) is 0 Å². The highest BCUT2D eigenvalue weighted by molar-refractivity contribution is 6.21. The second kappa shape index (κ2) is 5.45. The largest absolute Gasteiger partial charge is 0.394 e. The molecular formula is C6H11ClO5. The summed E-state index contributed by atoms with van der Waals surface area (Å²) in [6.07, 6.45) is -4.49. The molecule has 0 fully saturated rings. The molecule has 0 aromatic heterocycles. The van der Waals surface area contributed by atoms with E-state index in [0.717, 1.165) is 0 Å². The normalized spacial score (nSPS) is 21.1. The van der Waals surface area contributed by atoms with Gasteiger partial charge in [-0.05, 0) is 0 Å². The van der Waals surface area contributed by atoms with Crippen molar-refractivity contribution >= 4 is 17.9 Å². The third-order valence-electron chi connectivity index (χ3n) is 1.37. The Kier molecular flexibility index (Phi) is 5.36. The average Bonchev–Trinajstić information content (AvgIpc) is 2.12. The standard InChI is InChI=1S/C6H11ClO5/c7-5(3(10)1-8)6(12)4(11)2-9/h2-6,8,10-12H,1H2/t3-,4+,5+,6-/m1/s1. The van der Waals surface area contributed by atoms with Crippen LogP contribution in [0, 0.1) is 0 Å². The Hall–Kier alpha value is -0.200. The molecule has 0 aromatic carbocycles. The predicted octanol–water partition coefficient (Wildman–Crippen LogP) is -2.13. The molecule has 4 N–H and O–H groups in total. The number of aliphatic hydroxyl groups excluding tert-OH is 4. The second-order valence-corrected chi connectivity index (χ2v) is 2.82.